The highest BCUT2D eigenvalue weighted by Crippen LogP contribution is 2.31. The van der Waals surface area contributed by atoms with Crippen LogP contribution < -0.4 is 0 Å². The number of nitro benzene ring substituents is 1. The Bertz CT molecular complexity index is 606. The molecule has 16 heavy (non-hydrogen) atoms. The number of hydrogen-bond acceptors (Lipinski definition) is 5. The third-order valence-corrected chi connectivity index (χ3v) is 3.42. The number of rotatable bonds is 2. The van der Waals surface area contributed by atoms with Gasteiger partial charge in [-0.15, -0.1) is 0 Å². The van der Waals surface area contributed by atoms with E-state index >= 15 is 0 Å². The normalized spacial score (nSPS) is 10.8. The Kier molecular flexibility index (Phi) is 3.38. The van der Waals surface area contributed by atoms with Gasteiger partial charge in [-0.05, 0) is 6.07 Å². The molecule has 0 aliphatic carbocycles. The van der Waals surface area contributed by atoms with E-state index in [1.165, 1.54) is 6.07 Å². The minimum Gasteiger partial charge on any atom is -0.258 e. The summed E-state index contributed by atoms with van der Waals surface area (Å²) in [5.74, 6) is 0. The van der Waals surface area contributed by atoms with Gasteiger partial charge in [-0.1, -0.05) is 11.6 Å². The van der Waals surface area contributed by atoms with Crippen LogP contribution in [-0.2, 0) is 9.05 Å². The van der Waals surface area contributed by atoms with Crippen molar-refractivity contribution in [1.82, 2.24) is 0 Å². The van der Waals surface area contributed by atoms with Crippen LogP contribution in [0.15, 0.2) is 17.0 Å². The fraction of sp³-hybridized carbons (Fsp3) is 0. The molecule has 0 aliphatic heterocycles. The number of nitro groups is 1. The molecule has 0 radical (unpaired) electrons. The van der Waals surface area contributed by atoms with E-state index in [0.717, 1.165) is 6.07 Å². The standard InChI is InChI=1S/C7H2Cl2N2O4S/c8-5-1-4(3-10)6(11(12)13)2-7(5)16(9,14)15/h1-2H. The largest absolute Gasteiger partial charge is 0.288 e. The molecule has 0 atom stereocenters. The fourth-order valence-electron chi connectivity index (χ4n) is 0.970. The van der Waals surface area contributed by atoms with E-state index in [-0.39, 0.29) is 10.6 Å². The molecule has 6 nitrogen and oxygen atoms in total. The summed E-state index contributed by atoms with van der Waals surface area (Å²) in [6.45, 7) is 0. The SMILES string of the molecule is N#Cc1cc(Cl)c(S(=O)(=O)Cl)cc1[N+](=O)[O-]. The molecule has 0 saturated heterocycles. The van der Waals surface area contributed by atoms with Gasteiger partial charge in [0.2, 0.25) is 0 Å². The van der Waals surface area contributed by atoms with Gasteiger partial charge in [0.1, 0.15) is 16.5 Å². The summed E-state index contributed by atoms with van der Waals surface area (Å²) in [5.41, 5.74) is -0.995. The first-order valence-electron chi connectivity index (χ1n) is 3.60. The van der Waals surface area contributed by atoms with Gasteiger partial charge >= 0.3 is 0 Å². The maximum absolute atomic E-state index is 11.0. The van der Waals surface area contributed by atoms with Gasteiger partial charge in [-0.3, -0.25) is 10.1 Å². The summed E-state index contributed by atoms with van der Waals surface area (Å²) in [5, 5.41) is 18.8. The summed E-state index contributed by atoms with van der Waals surface area (Å²) in [7, 11) is 0.830. The van der Waals surface area contributed by atoms with Crippen molar-refractivity contribution >= 4 is 37.0 Å². The lowest BCUT2D eigenvalue weighted by molar-refractivity contribution is -0.385. The second-order valence-corrected chi connectivity index (χ2v) is 5.55. The molecule has 0 N–H and O–H groups in total. The van der Waals surface area contributed by atoms with Crippen LogP contribution in [0, 0.1) is 21.4 Å². The highest BCUT2D eigenvalue weighted by atomic mass is 35.7. The van der Waals surface area contributed by atoms with Gasteiger partial charge in [0, 0.05) is 16.7 Å². The number of nitrogens with zero attached hydrogens (tertiary/aromatic N) is 2. The van der Waals surface area contributed by atoms with Crippen LogP contribution in [0.1, 0.15) is 5.56 Å². The number of halogens is 2. The number of benzene rings is 1. The maximum Gasteiger partial charge on any atom is 0.288 e. The van der Waals surface area contributed by atoms with E-state index in [4.69, 9.17) is 27.5 Å². The lowest BCUT2D eigenvalue weighted by atomic mass is 10.2. The van der Waals surface area contributed by atoms with Gasteiger partial charge in [0.15, 0.2) is 0 Å². The van der Waals surface area contributed by atoms with Crippen LogP contribution in [0.2, 0.25) is 5.02 Å². The van der Waals surface area contributed by atoms with Crippen LogP contribution in [0.4, 0.5) is 5.69 Å². The fourth-order valence-corrected chi connectivity index (χ4v) is 2.48. The second kappa shape index (κ2) is 4.25. The van der Waals surface area contributed by atoms with Crippen molar-refractivity contribution in [2.24, 2.45) is 0 Å². The Morgan fingerprint density at radius 3 is 2.38 bits per heavy atom. The van der Waals surface area contributed by atoms with Crippen LogP contribution in [0.3, 0.4) is 0 Å². The van der Waals surface area contributed by atoms with Gasteiger partial charge in [-0.2, -0.15) is 5.26 Å². The third kappa shape index (κ3) is 2.41. The smallest absolute Gasteiger partial charge is 0.258 e. The van der Waals surface area contributed by atoms with Gasteiger partial charge in [-0.25, -0.2) is 8.42 Å². The second-order valence-electron chi connectivity index (χ2n) is 2.61. The maximum atomic E-state index is 11.0. The molecule has 0 bridgehead atoms. The van der Waals surface area contributed by atoms with Crippen molar-refractivity contribution in [2.45, 2.75) is 4.90 Å². The molecule has 0 aromatic heterocycles. The van der Waals surface area contributed by atoms with Crippen LogP contribution in [-0.4, -0.2) is 13.3 Å². The van der Waals surface area contributed by atoms with Crippen molar-refractivity contribution in [3.8, 4) is 6.07 Å². The molecule has 84 valence electrons. The minimum absolute atomic E-state index is 0.334. The highest BCUT2D eigenvalue weighted by molar-refractivity contribution is 8.13. The van der Waals surface area contributed by atoms with Crippen LogP contribution in [0.5, 0.6) is 0 Å². The van der Waals surface area contributed by atoms with Crippen molar-refractivity contribution < 1.29 is 13.3 Å². The molecule has 0 spiro atoms. The van der Waals surface area contributed by atoms with Crippen molar-refractivity contribution in [3.63, 3.8) is 0 Å². The van der Waals surface area contributed by atoms with Crippen LogP contribution >= 0.6 is 22.3 Å². The molecule has 9 heteroatoms. The first-order chi connectivity index (χ1) is 7.27. The van der Waals surface area contributed by atoms with Gasteiger partial charge in [0.25, 0.3) is 14.7 Å². The summed E-state index contributed by atoms with van der Waals surface area (Å²) in [6, 6.07) is 3.07. The zero-order chi connectivity index (χ0) is 12.5. The van der Waals surface area contributed by atoms with E-state index in [0.29, 0.717) is 6.07 Å². The molecule has 0 fully saturated rings. The zero-order valence-corrected chi connectivity index (χ0v) is 9.67. The van der Waals surface area contributed by atoms with Gasteiger partial charge < -0.3 is 0 Å². The average Bonchev–Trinajstić information content (AvgIpc) is 2.14. The van der Waals surface area contributed by atoms with Crippen molar-refractivity contribution in [2.75, 3.05) is 0 Å². The Morgan fingerprint density at radius 1 is 1.44 bits per heavy atom. The Hall–Kier alpha value is -1.36. The summed E-state index contributed by atoms with van der Waals surface area (Å²) < 4.78 is 22.0. The molecule has 1 rings (SSSR count). The van der Waals surface area contributed by atoms with E-state index in [1.54, 1.807) is 0 Å². The molecule has 1 aromatic rings. The Balaban J connectivity index is 3.67. The predicted molar refractivity (Wildman–Crippen MR) is 55.9 cm³/mol. The topological polar surface area (TPSA) is 101 Å². The summed E-state index contributed by atoms with van der Waals surface area (Å²) >= 11 is 5.53. The molecule has 0 saturated carbocycles. The van der Waals surface area contributed by atoms with E-state index in [2.05, 4.69) is 0 Å². The minimum atomic E-state index is -4.19. The molecule has 0 aliphatic rings. The Labute approximate surface area is 99.6 Å². The van der Waals surface area contributed by atoms with E-state index < -0.39 is 24.6 Å². The third-order valence-electron chi connectivity index (χ3n) is 1.63. The molecular formula is C7H2Cl2N2O4S. The van der Waals surface area contributed by atoms with E-state index in [1.807, 2.05) is 0 Å². The first kappa shape index (κ1) is 12.7. The molecular weight excluding hydrogens is 279 g/mol. The van der Waals surface area contributed by atoms with Crippen molar-refractivity contribution in [3.05, 3.63) is 32.8 Å². The number of nitriles is 1. The lowest BCUT2D eigenvalue weighted by Crippen LogP contribution is -1.98. The number of hydrogen-bond donors (Lipinski definition) is 0. The van der Waals surface area contributed by atoms with E-state index in [9.17, 15) is 18.5 Å². The van der Waals surface area contributed by atoms with Crippen molar-refractivity contribution in [1.29, 1.82) is 5.26 Å². The quantitative estimate of drug-likeness (QED) is 0.469. The Morgan fingerprint density at radius 2 is 2.00 bits per heavy atom. The highest BCUT2D eigenvalue weighted by Gasteiger charge is 2.23. The van der Waals surface area contributed by atoms with Gasteiger partial charge in [0.05, 0.1) is 9.95 Å². The summed E-state index contributed by atoms with van der Waals surface area (Å²) in [4.78, 5) is 9.06. The molecule has 0 amide bonds. The monoisotopic (exact) mass is 280 g/mol. The molecule has 0 heterocycles. The predicted octanol–water partition coefficient (Wildman–Crippen LogP) is 2.05. The van der Waals surface area contributed by atoms with Crippen LogP contribution in [0.25, 0.3) is 0 Å². The summed E-state index contributed by atoms with van der Waals surface area (Å²) in [6.07, 6.45) is 0. The first-order valence-corrected chi connectivity index (χ1v) is 6.29. The molecule has 0 unspecified atom stereocenters. The molecule has 1 aromatic carbocycles. The lowest BCUT2D eigenvalue weighted by Gasteiger charge is -2.01. The average molecular weight is 281 g/mol. The zero-order valence-electron chi connectivity index (χ0n) is 7.35.